The van der Waals surface area contributed by atoms with Crippen molar-refractivity contribution in [1.29, 1.82) is 0 Å². The van der Waals surface area contributed by atoms with Crippen molar-refractivity contribution in [3.05, 3.63) is 32.4 Å². The molecule has 1 fully saturated rings. The van der Waals surface area contributed by atoms with E-state index in [4.69, 9.17) is 11.6 Å². The molecule has 1 aliphatic heterocycles. The van der Waals surface area contributed by atoms with E-state index in [1.54, 1.807) is 18.2 Å². The number of likely N-dealkylation sites (tertiary alicyclic amines) is 1. The van der Waals surface area contributed by atoms with Crippen LogP contribution >= 0.6 is 34.2 Å². The number of hydrogen-bond acceptors (Lipinski definition) is 2. The maximum Gasteiger partial charge on any atom is 0.252 e. The smallest absolute Gasteiger partial charge is 0.252 e. The van der Waals surface area contributed by atoms with Crippen LogP contribution in [0.25, 0.3) is 0 Å². The molecule has 0 radical (unpaired) electrons. The zero-order chi connectivity index (χ0) is 13.8. The van der Waals surface area contributed by atoms with Crippen molar-refractivity contribution in [2.24, 2.45) is 0 Å². The predicted molar refractivity (Wildman–Crippen MR) is 86.8 cm³/mol. The van der Waals surface area contributed by atoms with Crippen molar-refractivity contribution < 1.29 is 4.79 Å². The van der Waals surface area contributed by atoms with E-state index in [0.29, 0.717) is 23.2 Å². The molecular formula is C14H18ClIN2O. The average Bonchev–Trinajstić information content (AvgIpc) is 2.89. The maximum absolute atomic E-state index is 12.1. The van der Waals surface area contributed by atoms with E-state index < -0.39 is 0 Å². The quantitative estimate of drug-likeness (QED) is 0.798. The standard InChI is InChI=1S/C14H18ClIN2O/c1-10(18-6-2-3-7-18)9-17-14(19)12-5-4-11(15)8-13(12)16/h4-5,8,10H,2-3,6-7,9H2,1H3,(H,17,19)/t10-/m0/s1. The van der Waals surface area contributed by atoms with Gasteiger partial charge in [0, 0.05) is 21.2 Å². The highest BCUT2D eigenvalue weighted by atomic mass is 127. The highest BCUT2D eigenvalue weighted by molar-refractivity contribution is 14.1. The summed E-state index contributed by atoms with van der Waals surface area (Å²) >= 11 is 8.03. The maximum atomic E-state index is 12.1. The van der Waals surface area contributed by atoms with Crippen LogP contribution in [0, 0.1) is 3.57 Å². The molecule has 0 spiro atoms. The molecule has 1 heterocycles. The molecule has 1 aliphatic rings. The molecule has 0 aliphatic carbocycles. The van der Waals surface area contributed by atoms with Crippen LogP contribution in [0.2, 0.25) is 5.02 Å². The number of halogens is 2. The number of hydrogen-bond donors (Lipinski definition) is 1. The summed E-state index contributed by atoms with van der Waals surface area (Å²) in [5.74, 6) is -0.0212. The summed E-state index contributed by atoms with van der Waals surface area (Å²) in [4.78, 5) is 14.5. The number of nitrogens with zero attached hydrogens (tertiary/aromatic N) is 1. The summed E-state index contributed by atoms with van der Waals surface area (Å²) < 4.78 is 0.886. The first-order valence-corrected chi connectivity index (χ1v) is 8.01. The Morgan fingerprint density at radius 1 is 1.47 bits per heavy atom. The normalized spacial score (nSPS) is 17.4. The van der Waals surface area contributed by atoms with Crippen LogP contribution in [0.15, 0.2) is 18.2 Å². The molecular weight excluding hydrogens is 375 g/mol. The van der Waals surface area contributed by atoms with Crippen molar-refractivity contribution in [1.82, 2.24) is 10.2 Å². The van der Waals surface area contributed by atoms with Crippen LogP contribution in [0.5, 0.6) is 0 Å². The van der Waals surface area contributed by atoms with Gasteiger partial charge in [-0.05, 0) is 73.6 Å². The molecule has 0 unspecified atom stereocenters. The lowest BCUT2D eigenvalue weighted by Gasteiger charge is -2.23. The Labute approximate surface area is 132 Å². The third-order valence-electron chi connectivity index (χ3n) is 3.50. The number of benzene rings is 1. The number of carbonyl (C=O) groups is 1. The van der Waals surface area contributed by atoms with Crippen LogP contribution in [0.4, 0.5) is 0 Å². The third kappa shape index (κ3) is 4.07. The van der Waals surface area contributed by atoms with Gasteiger partial charge in [0.15, 0.2) is 0 Å². The molecule has 1 N–H and O–H groups in total. The Balaban J connectivity index is 1.90. The summed E-state index contributed by atoms with van der Waals surface area (Å²) in [5, 5.41) is 3.67. The van der Waals surface area contributed by atoms with E-state index in [1.165, 1.54) is 12.8 Å². The van der Waals surface area contributed by atoms with Gasteiger partial charge in [0.25, 0.3) is 5.91 Å². The molecule has 2 rings (SSSR count). The van der Waals surface area contributed by atoms with Gasteiger partial charge in [0.05, 0.1) is 5.56 Å². The van der Waals surface area contributed by atoms with Crippen molar-refractivity contribution in [2.75, 3.05) is 19.6 Å². The van der Waals surface area contributed by atoms with Gasteiger partial charge in [0.1, 0.15) is 0 Å². The minimum absolute atomic E-state index is 0.0212. The minimum Gasteiger partial charge on any atom is -0.350 e. The fourth-order valence-corrected chi connectivity index (χ4v) is 3.44. The van der Waals surface area contributed by atoms with Crippen LogP contribution in [0.1, 0.15) is 30.1 Å². The van der Waals surface area contributed by atoms with Gasteiger partial charge >= 0.3 is 0 Å². The largest absolute Gasteiger partial charge is 0.350 e. The molecule has 3 nitrogen and oxygen atoms in total. The average molecular weight is 393 g/mol. The minimum atomic E-state index is -0.0212. The van der Waals surface area contributed by atoms with E-state index >= 15 is 0 Å². The number of amides is 1. The van der Waals surface area contributed by atoms with Gasteiger partial charge in [-0.3, -0.25) is 9.69 Å². The van der Waals surface area contributed by atoms with Gasteiger partial charge < -0.3 is 5.32 Å². The lowest BCUT2D eigenvalue weighted by Crippen LogP contribution is -2.40. The highest BCUT2D eigenvalue weighted by Gasteiger charge is 2.19. The SMILES string of the molecule is C[C@@H](CNC(=O)c1ccc(Cl)cc1I)N1CCCC1. The van der Waals surface area contributed by atoms with Crippen LogP contribution in [-0.2, 0) is 0 Å². The fraction of sp³-hybridized carbons (Fsp3) is 0.500. The summed E-state index contributed by atoms with van der Waals surface area (Å²) in [6.45, 7) is 5.15. The van der Waals surface area contributed by atoms with E-state index in [9.17, 15) is 4.79 Å². The Kier molecular flexibility index (Phi) is 5.47. The molecule has 0 saturated carbocycles. The van der Waals surface area contributed by atoms with Crippen molar-refractivity contribution in [3.8, 4) is 0 Å². The lowest BCUT2D eigenvalue weighted by molar-refractivity contribution is 0.0939. The topological polar surface area (TPSA) is 32.3 Å². The van der Waals surface area contributed by atoms with Crippen molar-refractivity contribution in [3.63, 3.8) is 0 Å². The van der Waals surface area contributed by atoms with Gasteiger partial charge in [-0.25, -0.2) is 0 Å². The van der Waals surface area contributed by atoms with E-state index in [-0.39, 0.29) is 5.91 Å². The molecule has 0 bridgehead atoms. The lowest BCUT2D eigenvalue weighted by atomic mass is 10.2. The molecule has 1 saturated heterocycles. The van der Waals surface area contributed by atoms with E-state index in [0.717, 1.165) is 16.7 Å². The van der Waals surface area contributed by atoms with E-state index in [2.05, 4.69) is 39.7 Å². The molecule has 5 heteroatoms. The number of rotatable bonds is 4. The molecule has 104 valence electrons. The van der Waals surface area contributed by atoms with Crippen LogP contribution in [0.3, 0.4) is 0 Å². The van der Waals surface area contributed by atoms with Gasteiger partial charge in [-0.1, -0.05) is 11.6 Å². The number of carbonyl (C=O) groups excluding carboxylic acids is 1. The Hall–Kier alpha value is -0.330. The zero-order valence-electron chi connectivity index (χ0n) is 11.0. The second-order valence-corrected chi connectivity index (χ2v) is 6.52. The second-order valence-electron chi connectivity index (χ2n) is 4.93. The number of nitrogens with one attached hydrogen (secondary N) is 1. The summed E-state index contributed by atoms with van der Waals surface area (Å²) in [7, 11) is 0. The summed E-state index contributed by atoms with van der Waals surface area (Å²) in [6.07, 6.45) is 2.54. The van der Waals surface area contributed by atoms with Gasteiger partial charge in [0.2, 0.25) is 0 Å². The fourth-order valence-electron chi connectivity index (χ4n) is 2.32. The van der Waals surface area contributed by atoms with Crippen molar-refractivity contribution in [2.45, 2.75) is 25.8 Å². The third-order valence-corrected chi connectivity index (χ3v) is 4.63. The molecule has 19 heavy (non-hydrogen) atoms. The second kappa shape index (κ2) is 6.90. The highest BCUT2D eigenvalue weighted by Crippen LogP contribution is 2.18. The van der Waals surface area contributed by atoms with Crippen molar-refractivity contribution >= 4 is 40.1 Å². The first kappa shape index (κ1) is 15.1. The first-order valence-electron chi connectivity index (χ1n) is 6.55. The predicted octanol–water partition coefficient (Wildman–Crippen LogP) is 3.16. The van der Waals surface area contributed by atoms with E-state index in [1.807, 2.05) is 0 Å². The Bertz CT molecular complexity index is 461. The molecule has 1 aromatic rings. The molecule has 1 atom stereocenters. The summed E-state index contributed by atoms with van der Waals surface area (Å²) in [5.41, 5.74) is 0.693. The summed E-state index contributed by atoms with van der Waals surface area (Å²) in [6, 6.07) is 5.74. The zero-order valence-corrected chi connectivity index (χ0v) is 13.9. The first-order chi connectivity index (χ1) is 9.08. The molecule has 0 aromatic heterocycles. The molecule has 1 amide bonds. The van der Waals surface area contributed by atoms with Crippen LogP contribution < -0.4 is 5.32 Å². The van der Waals surface area contributed by atoms with Gasteiger partial charge in [-0.2, -0.15) is 0 Å². The molecule has 1 aromatic carbocycles. The Morgan fingerprint density at radius 3 is 2.79 bits per heavy atom. The monoisotopic (exact) mass is 392 g/mol. The van der Waals surface area contributed by atoms with Crippen LogP contribution in [-0.4, -0.2) is 36.5 Å². The Morgan fingerprint density at radius 2 is 2.16 bits per heavy atom. The van der Waals surface area contributed by atoms with Gasteiger partial charge in [-0.15, -0.1) is 0 Å².